The zero-order valence-corrected chi connectivity index (χ0v) is 12.4. The van der Waals surface area contributed by atoms with Gasteiger partial charge in [-0.2, -0.15) is 0 Å². The number of benzene rings is 2. The van der Waals surface area contributed by atoms with Gasteiger partial charge in [-0.05, 0) is 42.8 Å². The Morgan fingerprint density at radius 2 is 1.95 bits per heavy atom. The number of fused-ring (bicyclic) bond motifs is 1. The topological polar surface area (TPSA) is 46.9 Å². The average molecular weight is 297 g/mol. The molecule has 1 aromatic heterocycles. The second-order valence-electron chi connectivity index (χ2n) is 5.23. The van der Waals surface area contributed by atoms with E-state index in [1.54, 1.807) is 24.3 Å². The molecule has 0 bridgehead atoms. The Hall–Kier alpha value is -2.69. The van der Waals surface area contributed by atoms with Crippen molar-refractivity contribution in [3.8, 4) is 0 Å². The first-order valence-electron chi connectivity index (χ1n) is 7.00. The first kappa shape index (κ1) is 14.3. The fraction of sp³-hybridized carbons (Fsp3) is 0.176. The Labute approximate surface area is 127 Å². The molecule has 0 unspecified atom stereocenters. The molecule has 0 aliphatic rings. The lowest BCUT2D eigenvalue weighted by Gasteiger charge is -2.06. The summed E-state index contributed by atoms with van der Waals surface area (Å²) in [5.41, 5.74) is 3.21. The largest absolute Gasteiger partial charge is 0.348 e. The maximum Gasteiger partial charge on any atom is 0.251 e. The zero-order valence-electron chi connectivity index (χ0n) is 12.4. The van der Waals surface area contributed by atoms with E-state index in [1.165, 1.54) is 12.1 Å². The van der Waals surface area contributed by atoms with Gasteiger partial charge >= 0.3 is 0 Å². The summed E-state index contributed by atoms with van der Waals surface area (Å²) in [7, 11) is 1.94. The molecule has 1 amide bonds. The number of hydrogen-bond acceptors (Lipinski definition) is 2. The normalized spacial score (nSPS) is 10.9. The van der Waals surface area contributed by atoms with Crippen LogP contribution < -0.4 is 5.32 Å². The number of nitrogens with zero attached hydrogens (tertiary/aromatic N) is 2. The van der Waals surface area contributed by atoms with Crippen LogP contribution in [0.1, 0.15) is 21.7 Å². The molecule has 22 heavy (non-hydrogen) atoms. The Kier molecular flexibility index (Phi) is 3.63. The summed E-state index contributed by atoms with van der Waals surface area (Å²) in [5.74, 6) is 0.444. The van der Waals surface area contributed by atoms with Gasteiger partial charge in [0.25, 0.3) is 5.91 Å². The van der Waals surface area contributed by atoms with Crippen molar-refractivity contribution in [2.45, 2.75) is 13.5 Å². The van der Waals surface area contributed by atoms with Gasteiger partial charge in [-0.15, -0.1) is 0 Å². The fourth-order valence-corrected chi connectivity index (χ4v) is 2.35. The molecule has 0 saturated carbocycles. The lowest BCUT2D eigenvalue weighted by molar-refractivity contribution is 0.0951. The molecule has 4 nitrogen and oxygen atoms in total. The lowest BCUT2D eigenvalue weighted by Crippen LogP contribution is -2.22. The number of hydrogen-bond donors (Lipinski definition) is 1. The Morgan fingerprint density at radius 1 is 1.23 bits per heavy atom. The van der Waals surface area contributed by atoms with Crippen LogP contribution in [0, 0.1) is 12.7 Å². The highest BCUT2D eigenvalue weighted by atomic mass is 19.1. The van der Waals surface area contributed by atoms with Gasteiger partial charge in [0.1, 0.15) is 11.6 Å². The second kappa shape index (κ2) is 5.60. The summed E-state index contributed by atoms with van der Waals surface area (Å²) in [6, 6.07) is 11.5. The van der Waals surface area contributed by atoms with Crippen LogP contribution in [0.25, 0.3) is 11.0 Å². The number of amides is 1. The smallest absolute Gasteiger partial charge is 0.251 e. The number of carbonyl (C=O) groups is 1. The average Bonchev–Trinajstić information content (AvgIpc) is 2.80. The molecule has 0 spiro atoms. The monoisotopic (exact) mass is 297 g/mol. The predicted molar refractivity (Wildman–Crippen MR) is 83.0 cm³/mol. The summed E-state index contributed by atoms with van der Waals surface area (Å²) in [4.78, 5) is 16.6. The number of halogens is 1. The van der Waals surface area contributed by atoms with Crippen molar-refractivity contribution < 1.29 is 9.18 Å². The third-order valence-electron chi connectivity index (χ3n) is 3.73. The molecule has 3 rings (SSSR count). The Bertz CT molecular complexity index is 837. The quantitative estimate of drug-likeness (QED) is 0.808. The summed E-state index contributed by atoms with van der Waals surface area (Å²) in [5, 5.41) is 2.82. The van der Waals surface area contributed by atoms with Crippen molar-refractivity contribution in [1.82, 2.24) is 14.9 Å². The van der Waals surface area contributed by atoms with E-state index in [2.05, 4.69) is 10.3 Å². The first-order chi connectivity index (χ1) is 10.5. The molecule has 1 heterocycles. The number of aryl methyl sites for hydroxylation is 2. The molecule has 2 aromatic carbocycles. The van der Waals surface area contributed by atoms with Crippen molar-refractivity contribution in [3.63, 3.8) is 0 Å². The molecule has 0 aliphatic carbocycles. The molecule has 5 heteroatoms. The van der Waals surface area contributed by atoms with Crippen LogP contribution in [-0.4, -0.2) is 15.5 Å². The minimum Gasteiger partial charge on any atom is -0.348 e. The van der Waals surface area contributed by atoms with Gasteiger partial charge in [0.2, 0.25) is 0 Å². The highest BCUT2D eigenvalue weighted by Gasteiger charge is 2.09. The van der Waals surface area contributed by atoms with Crippen molar-refractivity contribution >= 4 is 16.9 Å². The summed E-state index contributed by atoms with van der Waals surface area (Å²) in [6.07, 6.45) is 0. The Balaban J connectivity index is 1.75. The van der Waals surface area contributed by atoms with Crippen molar-refractivity contribution in [2.24, 2.45) is 7.05 Å². The fourth-order valence-electron chi connectivity index (χ4n) is 2.35. The third-order valence-corrected chi connectivity index (χ3v) is 3.73. The standard InChI is InChI=1S/C17H16FN3O/c1-11-20-15-9-13(5-8-16(15)21(11)2)17(22)19-10-12-3-6-14(18)7-4-12/h3-9H,10H2,1-2H3,(H,19,22). The predicted octanol–water partition coefficient (Wildman–Crippen LogP) is 2.95. The minimum atomic E-state index is -0.286. The number of nitrogens with one attached hydrogen (secondary N) is 1. The number of imidazole rings is 1. The molecular formula is C17H16FN3O. The molecule has 0 fully saturated rings. The van der Waals surface area contributed by atoms with Crippen molar-refractivity contribution in [3.05, 3.63) is 65.2 Å². The van der Waals surface area contributed by atoms with E-state index in [4.69, 9.17) is 0 Å². The molecular weight excluding hydrogens is 281 g/mol. The highest BCUT2D eigenvalue weighted by Crippen LogP contribution is 2.16. The first-order valence-corrected chi connectivity index (χ1v) is 7.00. The number of aromatic nitrogens is 2. The zero-order chi connectivity index (χ0) is 15.7. The second-order valence-corrected chi connectivity index (χ2v) is 5.23. The van der Waals surface area contributed by atoms with Crippen LogP contribution in [0.5, 0.6) is 0 Å². The molecule has 0 atom stereocenters. The summed E-state index contributed by atoms with van der Waals surface area (Å²) < 4.78 is 14.8. The van der Waals surface area contributed by atoms with Crippen molar-refractivity contribution in [2.75, 3.05) is 0 Å². The van der Waals surface area contributed by atoms with E-state index < -0.39 is 0 Å². The molecule has 3 aromatic rings. The molecule has 0 saturated heterocycles. The van der Waals surface area contributed by atoms with E-state index in [1.807, 2.05) is 24.6 Å². The van der Waals surface area contributed by atoms with Gasteiger partial charge < -0.3 is 9.88 Å². The van der Waals surface area contributed by atoms with E-state index in [-0.39, 0.29) is 11.7 Å². The third kappa shape index (κ3) is 2.70. The molecule has 0 radical (unpaired) electrons. The van der Waals surface area contributed by atoms with Gasteiger partial charge in [0.15, 0.2) is 0 Å². The van der Waals surface area contributed by atoms with Gasteiger partial charge in [0.05, 0.1) is 11.0 Å². The van der Waals surface area contributed by atoms with Crippen LogP contribution in [0.3, 0.4) is 0 Å². The molecule has 112 valence electrons. The van der Waals surface area contributed by atoms with Crippen LogP contribution in [0.15, 0.2) is 42.5 Å². The minimum absolute atomic E-state index is 0.172. The van der Waals surface area contributed by atoms with Gasteiger partial charge in [-0.25, -0.2) is 9.37 Å². The van der Waals surface area contributed by atoms with Gasteiger partial charge in [0, 0.05) is 19.2 Å². The van der Waals surface area contributed by atoms with Crippen LogP contribution in [0.4, 0.5) is 4.39 Å². The summed E-state index contributed by atoms with van der Waals surface area (Å²) in [6.45, 7) is 2.28. The van der Waals surface area contributed by atoms with Gasteiger partial charge in [-0.1, -0.05) is 12.1 Å². The van der Waals surface area contributed by atoms with Gasteiger partial charge in [-0.3, -0.25) is 4.79 Å². The highest BCUT2D eigenvalue weighted by molar-refractivity contribution is 5.97. The van der Waals surface area contributed by atoms with E-state index in [0.717, 1.165) is 22.4 Å². The summed E-state index contributed by atoms with van der Waals surface area (Å²) >= 11 is 0. The van der Waals surface area contributed by atoms with Crippen LogP contribution in [0.2, 0.25) is 0 Å². The van der Waals surface area contributed by atoms with E-state index in [0.29, 0.717) is 12.1 Å². The lowest BCUT2D eigenvalue weighted by atomic mass is 10.1. The number of rotatable bonds is 3. The SMILES string of the molecule is Cc1nc2cc(C(=O)NCc3ccc(F)cc3)ccc2n1C. The maximum absolute atomic E-state index is 12.8. The maximum atomic E-state index is 12.8. The van der Waals surface area contributed by atoms with Crippen LogP contribution in [-0.2, 0) is 13.6 Å². The Morgan fingerprint density at radius 3 is 2.68 bits per heavy atom. The van der Waals surface area contributed by atoms with E-state index in [9.17, 15) is 9.18 Å². The molecule has 0 aliphatic heterocycles. The van der Waals surface area contributed by atoms with E-state index >= 15 is 0 Å². The number of carbonyl (C=O) groups excluding carboxylic acids is 1. The van der Waals surface area contributed by atoms with Crippen molar-refractivity contribution in [1.29, 1.82) is 0 Å². The molecule has 1 N–H and O–H groups in total. The van der Waals surface area contributed by atoms with Crippen LogP contribution >= 0.6 is 0 Å².